The van der Waals surface area contributed by atoms with Crippen LogP contribution in [0.4, 0.5) is 0 Å². The molecule has 0 bridgehead atoms. The van der Waals surface area contributed by atoms with Gasteiger partial charge in [0, 0.05) is 12.6 Å². The first-order chi connectivity index (χ1) is 7.27. The van der Waals surface area contributed by atoms with Gasteiger partial charge in [0.15, 0.2) is 0 Å². The number of rotatable bonds is 6. The van der Waals surface area contributed by atoms with Crippen LogP contribution in [0, 0.1) is 5.92 Å². The summed E-state index contributed by atoms with van der Waals surface area (Å²) in [6, 6.07) is 0.419. The highest BCUT2D eigenvalue weighted by atomic mass is 16.3. The first-order valence-electron chi connectivity index (χ1n) is 6.33. The van der Waals surface area contributed by atoms with Gasteiger partial charge in [-0.25, -0.2) is 0 Å². The van der Waals surface area contributed by atoms with Crippen LogP contribution in [0.3, 0.4) is 0 Å². The lowest BCUT2D eigenvalue weighted by atomic mass is 10.0. The molecule has 0 aromatic carbocycles. The molecule has 90 valence electrons. The van der Waals surface area contributed by atoms with Gasteiger partial charge in [0.1, 0.15) is 0 Å². The van der Waals surface area contributed by atoms with Crippen molar-refractivity contribution in [2.24, 2.45) is 5.92 Å². The third-order valence-electron chi connectivity index (χ3n) is 3.25. The molecule has 2 atom stereocenters. The second kappa shape index (κ2) is 7.20. The number of hydrogen-bond acceptors (Lipinski definition) is 3. The van der Waals surface area contributed by atoms with Crippen LogP contribution in [-0.4, -0.2) is 48.8 Å². The maximum atomic E-state index is 9.29. The monoisotopic (exact) mass is 214 g/mol. The van der Waals surface area contributed by atoms with Crippen molar-refractivity contribution in [1.82, 2.24) is 10.2 Å². The van der Waals surface area contributed by atoms with Gasteiger partial charge in [0.05, 0.1) is 6.61 Å². The predicted molar refractivity (Wildman–Crippen MR) is 64.0 cm³/mol. The molecule has 0 spiro atoms. The lowest BCUT2D eigenvalue weighted by Gasteiger charge is -2.36. The van der Waals surface area contributed by atoms with Gasteiger partial charge in [-0.2, -0.15) is 0 Å². The van der Waals surface area contributed by atoms with Crippen molar-refractivity contribution >= 4 is 0 Å². The molecule has 1 aliphatic rings. The Morgan fingerprint density at radius 3 is 2.93 bits per heavy atom. The van der Waals surface area contributed by atoms with Crippen molar-refractivity contribution in [3.8, 4) is 0 Å². The van der Waals surface area contributed by atoms with E-state index in [4.69, 9.17) is 0 Å². The third-order valence-corrected chi connectivity index (χ3v) is 3.25. The normalized spacial score (nSPS) is 25.4. The summed E-state index contributed by atoms with van der Waals surface area (Å²) >= 11 is 0. The molecule has 0 aromatic heterocycles. The minimum absolute atomic E-state index is 0.327. The fourth-order valence-electron chi connectivity index (χ4n) is 2.36. The molecule has 0 amide bonds. The van der Waals surface area contributed by atoms with Gasteiger partial charge in [-0.3, -0.25) is 4.90 Å². The fraction of sp³-hybridized carbons (Fsp3) is 1.00. The van der Waals surface area contributed by atoms with E-state index in [-0.39, 0.29) is 0 Å². The highest BCUT2D eigenvalue weighted by Crippen LogP contribution is 2.17. The number of aliphatic hydroxyl groups excluding tert-OH is 1. The van der Waals surface area contributed by atoms with Gasteiger partial charge in [-0.1, -0.05) is 20.3 Å². The first-order valence-corrected chi connectivity index (χ1v) is 6.33. The van der Waals surface area contributed by atoms with Gasteiger partial charge in [-0.15, -0.1) is 0 Å². The highest BCUT2D eigenvalue weighted by Gasteiger charge is 2.22. The van der Waals surface area contributed by atoms with E-state index in [2.05, 4.69) is 24.1 Å². The van der Waals surface area contributed by atoms with Crippen molar-refractivity contribution < 1.29 is 5.11 Å². The average Bonchev–Trinajstić information content (AvgIpc) is 2.27. The van der Waals surface area contributed by atoms with E-state index < -0.39 is 0 Å². The first kappa shape index (κ1) is 12.9. The Balaban J connectivity index is 2.27. The lowest BCUT2D eigenvalue weighted by Crippen LogP contribution is -2.45. The van der Waals surface area contributed by atoms with Crippen LogP contribution in [0.5, 0.6) is 0 Å². The van der Waals surface area contributed by atoms with Gasteiger partial charge in [-0.05, 0) is 38.4 Å². The Hall–Kier alpha value is -0.120. The zero-order chi connectivity index (χ0) is 11.1. The quantitative estimate of drug-likeness (QED) is 0.694. The molecule has 3 heteroatoms. The van der Waals surface area contributed by atoms with Crippen LogP contribution >= 0.6 is 0 Å². The number of piperidine rings is 1. The van der Waals surface area contributed by atoms with Crippen LogP contribution in [0.15, 0.2) is 0 Å². The van der Waals surface area contributed by atoms with Crippen LogP contribution in [0.2, 0.25) is 0 Å². The number of nitrogens with zero attached hydrogens (tertiary/aromatic N) is 1. The van der Waals surface area contributed by atoms with E-state index in [9.17, 15) is 5.11 Å². The zero-order valence-corrected chi connectivity index (χ0v) is 10.2. The molecule has 2 unspecified atom stereocenters. The fourth-order valence-corrected chi connectivity index (χ4v) is 2.36. The molecule has 1 fully saturated rings. The second-order valence-corrected chi connectivity index (χ2v) is 4.74. The molecule has 1 saturated heterocycles. The molecule has 0 radical (unpaired) electrons. The summed E-state index contributed by atoms with van der Waals surface area (Å²) in [5, 5.41) is 12.7. The van der Waals surface area contributed by atoms with Crippen molar-refractivity contribution in [2.45, 2.75) is 39.2 Å². The summed E-state index contributed by atoms with van der Waals surface area (Å²) in [6.45, 7) is 9.18. The largest absolute Gasteiger partial charge is 0.395 e. The minimum atomic E-state index is 0.327. The Labute approximate surface area is 93.9 Å². The standard InChI is InChI=1S/C12H26N2O/c1-3-13-8-11(2)9-14-7-5-4-6-12(14)10-15/h11-13,15H,3-10H2,1-2H3. The van der Waals surface area contributed by atoms with E-state index in [0.717, 1.165) is 19.6 Å². The molecule has 2 N–H and O–H groups in total. The maximum absolute atomic E-state index is 9.29. The number of hydrogen-bond donors (Lipinski definition) is 2. The molecular weight excluding hydrogens is 188 g/mol. The van der Waals surface area contributed by atoms with E-state index >= 15 is 0 Å². The van der Waals surface area contributed by atoms with Crippen LogP contribution in [0.25, 0.3) is 0 Å². The topological polar surface area (TPSA) is 35.5 Å². The van der Waals surface area contributed by atoms with Gasteiger partial charge in [0.2, 0.25) is 0 Å². The summed E-state index contributed by atoms with van der Waals surface area (Å²) in [5.41, 5.74) is 0. The summed E-state index contributed by atoms with van der Waals surface area (Å²) in [7, 11) is 0. The number of nitrogens with one attached hydrogen (secondary N) is 1. The predicted octanol–water partition coefficient (Wildman–Crippen LogP) is 1.08. The van der Waals surface area contributed by atoms with E-state index in [0.29, 0.717) is 18.6 Å². The molecule has 15 heavy (non-hydrogen) atoms. The van der Waals surface area contributed by atoms with Gasteiger partial charge < -0.3 is 10.4 Å². The zero-order valence-electron chi connectivity index (χ0n) is 10.2. The van der Waals surface area contributed by atoms with Gasteiger partial charge in [0.25, 0.3) is 0 Å². The molecule has 3 nitrogen and oxygen atoms in total. The smallest absolute Gasteiger partial charge is 0.0586 e. The SMILES string of the molecule is CCNCC(C)CN1CCCCC1CO. The molecule has 0 saturated carbocycles. The van der Waals surface area contributed by atoms with E-state index in [1.54, 1.807) is 0 Å². The Morgan fingerprint density at radius 1 is 1.47 bits per heavy atom. The van der Waals surface area contributed by atoms with Gasteiger partial charge >= 0.3 is 0 Å². The highest BCUT2D eigenvalue weighted by molar-refractivity contribution is 4.77. The van der Waals surface area contributed by atoms with Crippen molar-refractivity contribution in [3.05, 3.63) is 0 Å². The van der Waals surface area contributed by atoms with Crippen molar-refractivity contribution in [1.29, 1.82) is 0 Å². The van der Waals surface area contributed by atoms with E-state index in [1.165, 1.54) is 25.8 Å². The summed E-state index contributed by atoms with van der Waals surface area (Å²) < 4.78 is 0. The number of aliphatic hydroxyl groups is 1. The number of likely N-dealkylation sites (tertiary alicyclic amines) is 1. The Kier molecular flexibility index (Phi) is 6.22. The maximum Gasteiger partial charge on any atom is 0.0586 e. The molecule has 0 aromatic rings. The van der Waals surface area contributed by atoms with E-state index in [1.807, 2.05) is 0 Å². The van der Waals surface area contributed by atoms with Crippen LogP contribution in [-0.2, 0) is 0 Å². The molecule has 1 rings (SSSR count). The van der Waals surface area contributed by atoms with Crippen LogP contribution < -0.4 is 5.32 Å². The Morgan fingerprint density at radius 2 is 2.27 bits per heavy atom. The van der Waals surface area contributed by atoms with Crippen molar-refractivity contribution in [3.63, 3.8) is 0 Å². The summed E-state index contributed by atoms with van der Waals surface area (Å²) in [5.74, 6) is 0.678. The molecule has 0 aliphatic carbocycles. The average molecular weight is 214 g/mol. The minimum Gasteiger partial charge on any atom is -0.395 e. The summed E-state index contributed by atoms with van der Waals surface area (Å²) in [6.07, 6.45) is 3.75. The molecule has 1 heterocycles. The molecule has 1 aliphatic heterocycles. The summed E-state index contributed by atoms with van der Waals surface area (Å²) in [4.78, 5) is 2.46. The van der Waals surface area contributed by atoms with Crippen molar-refractivity contribution in [2.75, 3.05) is 32.8 Å². The lowest BCUT2D eigenvalue weighted by molar-refractivity contribution is 0.0782. The van der Waals surface area contributed by atoms with Crippen LogP contribution in [0.1, 0.15) is 33.1 Å². The second-order valence-electron chi connectivity index (χ2n) is 4.74. The molecular formula is C12H26N2O. The Bertz CT molecular complexity index is 164. The third kappa shape index (κ3) is 4.49.